The molecule has 1 saturated heterocycles. The lowest BCUT2D eigenvalue weighted by atomic mass is 9.98. The number of halogens is 1. The van der Waals surface area contributed by atoms with E-state index in [1.807, 2.05) is 42.2 Å². The molecule has 8 heteroatoms. The Balaban J connectivity index is 1.23. The van der Waals surface area contributed by atoms with Crippen LogP contribution in [0.2, 0.25) is 0 Å². The summed E-state index contributed by atoms with van der Waals surface area (Å²) in [6.07, 6.45) is 6.97. The van der Waals surface area contributed by atoms with Crippen molar-refractivity contribution in [2.45, 2.75) is 45.2 Å². The molecule has 0 saturated carbocycles. The van der Waals surface area contributed by atoms with Crippen LogP contribution in [0.1, 0.15) is 53.5 Å². The minimum absolute atomic E-state index is 0.0381. The van der Waals surface area contributed by atoms with Crippen molar-refractivity contribution in [3.63, 3.8) is 0 Å². The van der Waals surface area contributed by atoms with Crippen LogP contribution in [0.3, 0.4) is 0 Å². The van der Waals surface area contributed by atoms with Gasteiger partial charge in [0.15, 0.2) is 5.78 Å². The molecule has 3 aliphatic rings. The third-order valence-electron chi connectivity index (χ3n) is 7.73. The summed E-state index contributed by atoms with van der Waals surface area (Å²) in [5.74, 6) is 0.256. The van der Waals surface area contributed by atoms with E-state index in [1.165, 1.54) is 18.9 Å². The number of rotatable bonds is 8. The Labute approximate surface area is 221 Å². The Kier molecular flexibility index (Phi) is 6.57. The molecule has 0 radical (unpaired) electrons. The zero-order valence-electron chi connectivity index (χ0n) is 21.6. The summed E-state index contributed by atoms with van der Waals surface area (Å²) in [6.45, 7) is 6.44. The number of allylic oxidation sites excluding steroid dienone is 3. The molecule has 3 aromatic rings. The normalized spacial score (nSPS) is 18.6. The van der Waals surface area contributed by atoms with Crippen molar-refractivity contribution in [3.8, 4) is 0 Å². The van der Waals surface area contributed by atoms with Crippen molar-refractivity contribution in [1.82, 2.24) is 25.1 Å². The van der Waals surface area contributed by atoms with E-state index >= 15 is 0 Å². The van der Waals surface area contributed by atoms with Crippen molar-refractivity contribution in [2.75, 3.05) is 26.2 Å². The van der Waals surface area contributed by atoms with Crippen molar-refractivity contribution < 1.29 is 14.0 Å². The molecule has 7 nitrogen and oxygen atoms in total. The number of hydrogen-bond acceptors (Lipinski definition) is 5. The van der Waals surface area contributed by atoms with Gasteiger partial charge in [0.2, 0.25) is 0 Å². The van der Waals surface area contributed by atoms with Gasteiger partial charge in [-0.15, -0.1) is 0 Å². The van der Waals surface area contributed by atoms with E-state index in [0.29, 0.717) is 53.1 Å². The number of carbonyl (C=O) groups excluding carboxylic acids is 2. The number of H-pyrrole nitrogens is 1. The van der Waals surface area contributed by atoms with Crippen molar-refractivity contribution in [2.24, 2.45) is 0 Å². The van der Waals surface area contributed by atoms with Crippen LogP contribution in [0.25, 0.3) is 16.6 Å². The fourth-order valence-electron chi connectivity index (χ4n) is 5.76. The number of hydrogen-bond donors (Lipinski definition) is 2. The number of carbonyl (C=O) groups is 2. The molecule has 0 spiro atoms. The first-order chi connectivity index (χ1) is 18.5. The summed E-state index contributed by atoms with van der Waals surface area (Å²) in [7, 11) is 0. The fourth-order valence-corrected chi connectivity index (χ4v) is 5.76. The van der Waals surface area contributed by atoms with Crippen LogP contribution in [0.5, 0.6) is 0 Å². The molecule has 1 aromatic heterocycles. The van der Waals surface area contributed by atoms with Gasteiger partial charge in [0, 0.05) is 43.4 Å². The molecular formula is C30H32FN5O2. The fraction of sp³-hybridized carbons (Fsp3) is 0.367. The summed E-state index contributed by atoms with van der Waals surface area (Å²) in [4.78, 5) is 38.5. The van der Waals surface area contributed by atoms with E-state index in [2.05, 4.69) is 15.2 Å². The average molecular weight is 514 g/mol. The Morgan fingerprint density at radius 2 is 1.95 bits per heavy atom. The first-order valence-electron chi connectivity index (χ1n) is 13.4. The molecule has 1 fully saturated rings. The number of aromatic nitrogens is 2. The van der Waals surface area contributed by atoms with E-state index in [9.17, 15) is 14.0 Å². The minimum Gasteiger partial charge on any atom is -0.382 e. The summed E-state index contributed by atoms with van der Waals surface area (Å²) >= 11 is 0. The zero-order valence-corrected chi connectivity index (χ0v) is 21.6. The molecule has 1 aliphatic carbocycles. The molecule has 1 amide bonds. The van der Waals surface area contributed by atoms with Crippen LogP contribution < -0.4 is 5.32 Å². The Morgan fingerprint density at radius 1 is 1.13 bits per heavy atom. The van der Waals surface area contributed by atoms with Crippen LogP contribution in [-0.2, 0) is 17.8 Å². The Morgan fingerprint density at radius 3 is 2.76 bits per heavy atom. The van der Waals surface area contributed by atoms with Gasteiger partial charge in [-0.25, -0.2) is 9.37 Å². The first kappa shape index (κ1) is 24.6. The number of Topliss-reactive ketones (excluding diaryl/α,β-unsaturated/α-hetero) is 1. The molecule has 2 aliphatic heterocycles. The number of imidazole rings is 1. The Bertz CT molecular complexity index is 1470. The standard InChI is InChI=1S/C30H32FN5O2/c1-19(15-20-7-2-3-8-23(20)31)32-24-9-6-10-27(37)28(24)29-33-25-16-21-18-36(14-13-35-11-4-5-12-35)30(38)22(21)17-26(25)34-29/h2-3,6-9,16-17,19,32H,4-5,10-15,18H2,1H3,(H,33,34)/t19-/m0/s1. The topological polar surface area (TPSA) is 81.3 Å². The van der Waals surface area contributed by atoms with Crippen LogP contribution >= 0.6 is 0 Å². The maximum Gasteiger partial charge on any atom is 0.254 e. The molecule has 6 rings (SSSR count). The summed E-state index contributed by atoms with van der Waals surface area (Å²) in [6, 6.07) is 10.5. The minimum atomic E-state index is -0.236. The SMILES string of the molecule is C[C@@H](Cc1ccccc1F)NC1=C(c2nc3cc4c(cc3[nH]2)CN(CCN2CCCC2)C4=O)C(=O)CC=C1. The molecule has 38 heavy (non-hydrogen) atoms. The second-order valence-electron chi connectivity index (χ2n) is 10.5. The molecule has 3 heterocycles. The lowest BCUT2D eigenvalue weighted by molar-refractivity contribution is -0.113. The monoisotopic (exact) mass is 513 g/mol. The number of aromatic amines is 1. The first-order valence-corrected chi connectivity index (χ1v) is 13.4. The predicted octanol–water partition coefficient (Wildman–Crippen LogP) is 4.21. The van der Waals surface area contributed by atoms with Crippen LogP contribution in [0.15, 0.2) is 54.2 Å². The number of ketones is 1. The second-order valence-corrected chi connectivity index (χ2v) is 10.5. The van der Waals surface area contributed by atoms with Gasteiger partial charge in [-0.1, -0.05) is 24.3 Å². The average Bonchev–Trinajstić information content (AvgIpc) is 3.62. The molecule has 196 valence electrons. The van der Waals surface area contributed by atoms with E-state index in [4.69, 9.17) is 4.98 Å². The van der Waals surface area contributed by atoms with Crippen molar-refractivity contribution >= 4 is 28.3 Å². The van der Waals surface area contributed by atoms with Gasteiger partial charge in [0.25, 0.3) is 5.91 Å². The third kappa shape index (κ3) is 4.76. The molecule has 0 unspecified atom stereocenters. The van der Waals surface area contributed by atoms with Gasteiger partial charge in [0.05, 0.1) is 16.6 Å². The van der Waals surface area contributed by atoms with Crippen LogP contribution in [-0.4, -0.2) is 63.7 Å². The van der Waals surface area contributed by atoms with Crippen molar-refractivity contribution in [1.29, 1.82) is 0 Å². The van der Waals surface area contributed by atoms with Gasteiger partial charge in [-0.2, -0.15) is 0 Å². The molecule has 0 bridgehead atoms. The Hall–Kier alpha value is -3.78. The van der Waals surface area contributed by atoms with E-state index in [0.717, 1.165) is 37.3 Å². The molecule has 2 N–H and O–H groups in total. The number of amides is 1. The summed E-state index contributed by atoms with van der Waals surface area (Å²) < 4.78 is 14.2. The number of fused-ring (bicyclic) bond motifs is 2. The van der Waals surface area contributed by atoms with Crippen molar-refractivity contribution in [3.05, 3.63) is 82.6 Å². The highest BCUT2D eigenvalue weighted by atomic mass is 19.1. The predicted molar refractivity (Wildman–Crippen MR) is 145 cm³/mol. The van der Waals surface area contributed by atoms with E-state index < -0.39 is 0 Å². The largest absolute Gasteiger partial charge is 0.382 e. The number of benzene rings is 2. The second kappa shape index (κ2) is 10.2. The van der Waals surface area contributed by atoms with Crippen LogP contribution in [0, 0.1) is 5.82 Å². The lowest BCUT2D eigenvalue weighted by Gasteiger charge is -2.21. The summed E-state index contributed by atoms with van der Waals surface area (Å²) in [5.41, 5.74) is 4.93. The number of likely N-dealkylation sites (tertiary alicyclic amines) is 1. The zero-order chi connectivity index (χ0) is 26.2. The highest BCUT2D eigenvalue weighted by molar-refractivity contribution is 6.22. The van der Waals surface area contributed by atoms with Gasteiger partial charge in [-0.05, 0) is 74.7 Å². The van der Waals surface area contributed by atoms with Gasteiger partial charge in [-0.3, -0.25) is 9.59 Å². The number of nitrogens with zero attached hydrogens (tertiary/aromatic N) is 3. The van der Waals surface area contributed by atoms with Gasteiger partial charge < -0.3 is 20.1 Å². The maximum atomic E-state index is 14.2. The van der Waals surface area contributed by atoms with E-state index in [-0.39, 0.29) is 23.5 Å². The highest BCUT2D eigenvalue weighted by Crippen LogP contribution is 2.30. The quantitative estimate of drug-likeness (QED) is 0.472. The maximum absolute atomic E-state index is 14.2. The van der Waals surface area contributed by atoms with E-state index in [1.54, 1.807) is 12.1 Å². The molecular weight excluding hydrogens is 481 g/mol. The third-order valence-corrected chi connectivity index (χ3v) is 7.73. The van der Waals surface area contributed by atoms with Crippen LogP contribution in [0.4, 0.5) is 4.39 Å². The lowest BCUT2D eigenvalue weighted by Crippen LogP contribution is -2.33. The molecule has 1 atom stereocenters. The highest BCUT2D eigenvalue weighted by Gasteiger charge is 2.30. The number of nitrogens with one attached hydrogen (secondary N) is 2. The summed E-state index contributed by atoms with van der Waals surface area (Å²) in [5, 5.41) is 3.39. The molecule has 2 aromatic carbocycles. The smallest absolute Gasteiger partial charge is 0.254 e. The van der Waals surface area contributed by atoms with Gasteiger partial charge in [0.1, 0.15) is 11.6 Å². The van der Waals surface area contributed by atoms with Gasteiger partial charge >= 0.3 is 0 Å².